The van der Waals surface area contributed by atoms with E-state index in [0.717, 1.165) is 0 Å². The number of nitrogens with one attached hydrogen (secondary N) is 2. The first-order valence-corrected chi connectivity index (χ1v) is 8.89. The van der Waals surface area contributed by atoms with Crippen molar-refractivity contribution >= 4 is 21.4 Å². The van der Waals surface area contributed by atoms with E-state index in [4.69, 9.17) is 0 Å². The van der Waals surface area contributed by atoms with E-state index in [1.807, 2.05) is 6.92 Å². The first-order valence-electron chi connectivity index (χ1n) is 7.00. The van der Waals surface area contributed by atoms with Crippen LogP contribution in [0.5, 0.6) is 0 Å². The van der Waals surface area contributed by atoms with E-state index in [9.17, 15) is 17.6 Å². The topological polar surface area (TPSA) is 75.3 Å². The Morgan fingerprint density at radius 2 is 1.82 bits per heavy atom. The molecule has 124 valence electrons. The number of anilines is 1. The Balaban J connectivity index is 2.46. The fourth-order valence-corrected chi connectivity index (χ4v) is 1.99. The largest absolute Gasteiger partial charge is 0.326 e. The number of hydrogen-bond donors (Lipinski definition) is 2. The fraction of sp³-hybridized carbons (Fsp3) is 0.533. The fourth-order valence-electron chi connectivity index (χ4n) is 1.65. The van der Waals surface area contributed by atoms with Crippen LogP contribution in [0.4, 0.5) is 10.1 Å². The average Bonchev–Trinajstić information content (AvgIpc) is 2.38. The minimum atomic E-state index is -3.18. The van der Waals surface area contributed by atoms with Crippen LogP contribution < -0.4 is 10.6 Å². The standard InChI is InChI=1S/C15H23FN2O3S/c1-11(17-10-15(2,3)22(4,20)21)9-14(19)18-13-7-5-12(16)6-8-13/h5-8,11,17H,9-10H2,1-4H3,(H,18,19). The molecule has 1 aromatic carbocycles. The van der Waals surface area contributed by atoms with Crippen molar-refractivity contribution in [2.75, 3.05) is 18.1 Å². The van der Waals surface area contributed by atoms with E-state index < -0.39 is 14.6 Å². The number of carbonyl (C=O) groups is 1. The van der Waals surface area contributed by atoms with Gasteiger partial charge in [-0.15, -0.1) is 0 Å². The summed E-state index contributed by atoms with van der Waals surface area (Å²) < 4.78 is 35.1. The van der Waals surface area contributed by atoms with E-state index in [0.29, 0.717) is 5.69 Å². The molecule has 7 heteroatoms. The normalized spacial score (nSPS) is 13.7. The molecular weight excluding hydrogens is 307 g/mol. The zero-order chi connectivity index (χ0) is 17.0. The van der Waals surface area contributed by atoms with E-state index in [1.54, 1.807) is 13.8 Å². The second-order valence-corrected chi connectivity index (χ2v) is 8.72. The number of halogens is 1. The average molecular weight is 330 g/mol. The van der Waals surface area contributed by atoms with Crippen LogP contribution in [-0.2, 0) is 14.6 Å². The summed E-state index contributed by atoms with van der Waals surface area (Å²) in [5.41, 5.74) is 0.523. The molecule has 0 bridgehead atoms. The summed E-state index contributed by atoms with van der Waals surface area (Å²) in [5, 5.41) is 5.72. The minimum absolute atomic E-state index is 0.179. The molecule has 0 aliphatic heterocycles. The summed E-state index contributed by atoms with van der Waals surface area (Å²) in [4.78, 5) is 11.9. The zero-order valence-corrected chi connectivity index (χ0v) is 14.1. The molecule has 0 aliphatic carbocycles. The Hall–Kier alpha value is -1.47. The highest BCUT2D eigenvalue weighted by Crippen LogP contribution is 2.14. The van der Waals surface area contributed by atoms with Crippen molar-refractivity contribution in [3.8, 4) is 0 Å². The molecular formula is C15H23FN2O3S. The van der Waals surface area contributed by atoms with E-state index in [1.165, 1.54) is 30.5 Å². The van der Waals surface area contributed by atoms with Crippen LogP contribution in [0, 0.1) is 5.82 Å². The third kappa shape index (κ3) is 5.73. The van der Waals surface area contributed by atoms with Crippen LogP contribution in [-0.4, -0.2) is 37.9 Å². The first-order chi connectivity index (χ1) is 10.0. The van der Waals surface area contributed by atoms with Crippen molar-refractivity contribution in [2.24, 2.45) is 0 Å². The third-order valence-corrected chi connectivity index (χ3v) is 5.65. The molecule has 2 N–H and O–H groups in total. The zero-order valence-electron chi connectivity index (χ0n) is 13.3. The molecule has 0 radical (unpaired) electrons. The van der Waals surface area contributed by atoms with Crippen LogP contribution in [0.25, 0.3) is 0 Å². The van der Waals surface area contributed by atoms with Gasteiger partial charge in [0.25, 0.3) is 0 Å². The van der Waals surface area contributed by atoms with Crippen LogP contribution in [0.2, 0.25) is 0 Å². The SMILES string of the molecule is CC(CC(=O)Nc1ccc(F)cc1)NCC(C)(C)S(C)(=O)=O. The summed E-state index contributed by atoms with van der Waals surface area (Å²) in [6, 6.07) is 5.33. The molecule has 1 amide bonds. The van der Waals surface area contributed by atoms with Crippen molar-refractivity contribution in [1.29, 1.82) is 0 Å². The minimum Gasteiger partial charge on any atom is -0.326 e. The van der Waals surface area contributed by atoms with E-state index in [-0.39, 0.29) is 30.7 Å². The van der Waals surface area contributed by atoms with Crippen molar-refractivity contribution in [1.82, 2.24) is 5.32 Å². The molecule has 0 spiro atoms. The van der Waals surface area contributed by atoms with Gasteiger partial charge < -0.3 is 10.6 Å². The van der Waals surface area contributed by atoms with Gasteiger partial charge in [0.2, 0.25) is 5.91 Å². The Kier molecular flexibility index (Phi) is 6.08. The van der Waals surface area contributed by atoms with Crippen molar-refractivity contribution in [2.45, 2.75) is 38.0 Å². The van der Waals surface area contributed by atoms with Crippen molar-refractivity contribution in [3.63, 3.8) is 0 Å². The summed E-state index contributed by atoms with van der Waals surface area (Å²) >= 11 is 0. The second-order valence-electron chi connectivity index (χ2n) is 6.07. The number of rotatable bonds is 7. The van der Waals surface area contributed by atoms with Gasteiger partial charge in [-0.1, -0.05) is 0 Å². The molecule has 0 fully saturated rings. The van der Waals surface area contributed by atoms with Crippen molar-refractivity contribution in [3.05, 3.63) is 30.1 Å². The molecule has 0 heterocycles. The van der Waals surface area contributed by atoms with Crippen LogP contribution >= 0.6 is 0 Å². The summed E-state index contributed by atoms with van der Waals surface area (Å²) in [5.74, 6) is -0.584. The summed E-state index contributed by atoms with van der Waals surface area (Å²) in [6.07, 6.45) is 1.39. The molecule has 1 rings (SSSR count). The van der Waals surface area contributed by atoms with Gasteiger partial charge in [-0.05, 0) is 45.0 Å². The van der Waals surface area contributed by atoms with Crippen LogP contribution in [0.15, 0.2) is 24.3 Å². The number of hydrogen-bond acceptors (Lipinski definition) is 4. The molecule has 22 heavy (non-hydrogen) atoms. The Morgan fingerprint density at radius 1 is 1.27 bits per heavy atom. The smallest absolute Gasteiger partial charge is 0.225 e. The van der Waals surface area contributed by atoms with E-state index >= 15 is 0 Å². The van der Waals surface area contributed by atoms with Gasteiger partial charge in [-0.3, -0.25) is 4.79 Å². The molecule has 0 saturated carbocycles. The van der Waals surface area contributed by atoms with Gasteiger partial charge in [0.1, 0.15) is 5.82 Å². The van der Waals surface area contributed by atoms with Gasteiger partial charge in [0.15, 0.2) is 9.84 Å². The molecule has 5 nitrogen and oxygen atoms in total. The quantitative estimate of drug-likeness (QED) is 0.801. The molecule has 1 unspecified atom stereocenters. The van der Waals surface area contributed by atoms with Gasteiger partial charge in [0.05, 0.1) is 4.75 Å². The maximum absolute atomic E-state index is 12.8. The Labute approximate surface area is 131 Å². The predicted octanol–water partition coefficient (Wildman–Crippen LogP) is 1.96. The number of sulfone groups is 1. The lowest BCUT2D eigenvalue weighted by atomic mass is 10.1. The van der Waals surface area contributed by atoms with Gasteiger partial charge >= 0.3 is 0 Å². The van der Waals surface area contributed by atoms with Crippen LogP contribution in [0.1, 0.15) is 27.2 Å². The number of carbonyl (C=O) groups excluding carboxylic acids is 1. The number of amides is 1. The molecule has 0 saturated heterocycles. The summed E-state index contributed by atoms with van der Waals surface area (Å²) in [6.45, 7) is 5.35. The summed E-state index contributed by atoms with van der Waals surface area (Å²) in [7, 11) is -3.18. The highest BCUT2D eigenvalue weighted by atomic mass is 32.2. The molecule has 0 aliphatic rings. The van der Waals surface area contributed by atoms with E-state index in [2.05, 4.69) is 10.6 Å². The molecule has 1 aromatic rings. The maximum Gasteiger partial charge on any atom is 0.225 e. The van der Waals surface area contributed by atoms with Crippen LogP contribution in [0.3, 0.4) is 0 Å². The highest BCUT2D eigenvalue weighted by Gasteiger charge is 2.30. The lowest BCUT2D eigenvalue weighted by Gasteiger charge is -2.25. The second kappa shape index (κ2) is 7.19. The predicted molar refractivity (Wildman–Crippen MR) is 86.0 cm³/mol. The molecule has 0 aromatic heterocycles. The van der Waals surface area contributed by atoms with Crippen molar-refractivity contribution < 1.29 is 17.6 Å². The van der Waals surface area contributed by atoms with Gasteiger partial charge in [-0.25, -0.2) is 12.8 Å². The highest BCUT2D eigenvalue weighted by molar-refractivity contribution is 7.92. The maximum atomic E-state index is 12.8. The van der Waals surface area contributed by atoms with Gasteiger partial charge in [-0.2, -0.15) is 0 Å². The molecule has 1 atom stereocenters. The number of benzene rings is 1. The lowest BCUT2D eigenvalue weighted by molar-refractivity contribution is -0.116. The Bertz CT molecular complexity index is 612. The lowest BCUT2D eigenvalue weighted by Crippen LogP contribution is -2.45. The first kappa shape index (κ1) is 18.6. The third-order valence-electron chi connectivity index (χ3n) is 3.50. The van der Waals surface area contributed by atoms with Gasteiger partial charge in [0, 0.05) is 31.0 Å². The Morgan fingerprint density at radius 3 is 2.32 bits per heavy atom. The monoisotopic (exact) mass is 330 g/mol.